The highest BCUT2D eigenvalue weighted by molar-refractivity contribution is 7.14. The summed E-state index contributed by atoms with van der Waals surface area (Å²) in [5.74, 6) is -1.46. The van der Waals surface area contributed by atoms with E-state index < -0.39 is 30.2 Å². The number of imide groups is 1. The topological polar surface area (TPSA) is 95.6 Å². The second-order valence-corrected chi connectivity index (χ2v) is 8.29. The van der Waals surface area contributed by atoms with Crippen molar-refractivity contribution in [1.82, 2.24) is 15.8 Å². The van der Waals surface area contributed by atoms with Gasteiger partial charge >= 0.3 is 0 Å². The molecule has 2 aromatic rings. The molecule has 1 atom stereocenters. The highest BCUT2D eigenvalue weighted by Gasteiger charge is 2.36. The smallest absolute Gasteiger partial charge is 0.271 e. The molecule has 2 N–H and O–H groups in total. The fourth-order valence-electron chi connectivity index (χ4n) is 3.57. The predicted molar refractivity (Wildman–Crippen MR) is 103 cm³/mol. The first kappa shape index (κ1) is 18.4. The number of amides is 4. The number of hydrazine groups is 1. The fourth-order valence-corrected chi connectivity index (χ4v) is 4.68. The first-order valence-corrected chi connectivity index (χ1v) is 9.91. The molecule has 2 aliphatic rings. The number of thiophene rings is 1. The van der Waals surface area contributed by atoms with Crippen LogP contribution in [0.3, 0.4) is 0 Å². The number of hydrogen-bond donors (Lipinski definition) is 2. The van der Waals surface area contributed by atoms with Gasteiger partial charge < -0.3 is 0 Å². The zero-order valence-electron chi connectivity index (χ0n) is 15.3. The van der Waals surface area contributed by atoms with E-state index in [2.05, 4.69) is 17.8 Å². The summed E-state index contributed by atoms with van der Waals surface area (Å²) in [4.78, 5) is 51.7. The van der Waals surface area contributed by atoms with Crippen LogP contribution in [0.1, 0.15) is 54.2 Å². The van der Waals surface area contributed by atoms with Crippen LogP contribution in [0, 0.1) is 5.92 Å². The Kier molecular flexibility index (Phi) is 4.72. The molecular formula is C20H19N3O4S. The second-order valence-electron chi connectivity index (χ2n) is 7.15. The van der Waals surface area contributed by atoms with Gasteiger partial charge in [0.15, 0.2) is 0 Å². The van der Waals surface area contributed by atoms with Crippen molar-refractivity contribution in [3.05, 3.63) is 56.8 Å². The van der Waals surface area contributed by atoms with Gasteiger partial charge in [-0.05, 0) is 48.9 Å². The number of carbonyl (C=O) groups excluding carboxylic acids is 4. The van der Waals surface area contributed by atoms with Crippen LogP contribution in [0.15, 0.2) is 30.3 Å². The van der Waals surface area contributed by atoms with Crippen LogP contribution in [0.2, 0.25) is 0 Å². The lowest BCUT2D eigenvalue weighted by molar-refractivity contribution is -0.122. The van der Waals surface area contributed by atoms with Gasteiger partial charge in [-0.1, -0.05) is 19.1 Å². The molecule has 7 nitrogen and oxygen atoms in total. The van der Waals surface area contributed by atoms with Crippen molar-refractivity contribution in [2.75, 3.05) is 6.54 Å². The molecule has 8 heteroatoms. The Balaban J connectivity index is 1.35. The average Bonchev–Trinajstić information content (AvgIpc) is 3.21. The lowest BCUT2D eigenvalue weighted by atomic mass is 9.90. The number of rotatable bonds is 3. The van der Waals surface area contributed by atoms with Gasteiger partial charge in [-0.15, -0.1) is 11.3 Å². The van der Waals surface area contributed by atoms with Crippen molar-refractivity contribution in [2.24, 2.45) is 5.92 Å². The van der Waals surface area contributed by atoms with E-state index in [0.717, 1.165) is 24.2 Å². The Morgan fingerprint density at radius 1 is 1.14 bits per heavy atom. The number of benzene rings is 1. The minimum absolute atomic E-state index is 0.280. The summed E-state index contributed by atoms with van der Waals surface area (Å²) in [7, 11) is 0. The van der Waals surface area contributed by atoms with Crippen LogP contribution in [0.25, 0.3) is 0 Å². The summed E-state index contributed by atoms with van der Waals surface area (Å²) in [5.41, 5.74) is 6.41. The maximum Gasteiger partial charge on any atom is 0.279 e. The van der Waals surface area contributed by atoms with Crippen LogP contribution >= 0.6 is 11.3 Å². The molecule has 0 spiro atoms. The third-order valence-corrected chi connectivity index (χ3v) is 6.28. The van der Waals surface area contributed by atoms with E-state index in [1.54, 1.807) is 24.3 Å². The lowest BCUT2D eigenvalue weighted by Gasteiger charge is -2.16. The molecule has 1 aliphatic heterocycles. The first-order chi connectivity index (χ1) is 13.4. The molecule has 0 saturated heterocycles. The van der Waals surface area contributed by atoms with Crippen molar-refractivity contribution in [3.8, 4) is 0 Å². The van der Waals surface area contributed by atoms with Gasteiger partial charge in [0.1, 0.15) is 6.54 Å². The predicted octanol–water partition coefficient (Wildman–Crippen LogP) is 1.93. The van der Waals surface area contributed by atoms with Gasteiger partial charge in [0.25, 0.3) is 23.6 Å². The molecule has 4 rings (SSSR count). The van der Waals surface area contributed by atoms with Gasteiger partial charge in [0.05, 0.1) is 16.0 Å². The molecule has 2 heterocycles. The summed E-state index contributed by atoms with van der Waals surface area (Å²) in [6.45, 7) is 1.74. The van der Waals surface area contributed by atoms with Crippen LogP contribution in [-0.2, 0) is 17.6 Å². The van der Waals surface area contributed by atoms with E-state index in [0.29, 0.717) is 10.8 Å². The van der Waals surface area contributed by atoms with Gasteiger partial charge in [0.2, 0.25) is 0 Å². The van der Waals surface area contributed by atoms with Gasteiger partial charge in [0, 0.05) is 4.88 Å². The average molecular weight is 397 g/mol. The van der Waals surface area contributed by atoms with Crippen molar-refractivity contribution in [3.63, 3.8) is 0 Å². The molecule has 0 bridgehead atoms. The second kappa shape index (κ2) is 7.20. The maximum absolute atomic E-state index is 12.3. The summed E-state index contributed by atoms with van der Waals surface area (Å²) >= 11 is 1.44. The van der Waals surface area contributed by atoms with Crippen molar-refractivity contribution in [1.29, 1.82) is 0 Å². The molecule has 0 unspecified atom stereocenters. The van der Waals surface area contributed by atoms with Crippen LogP contribution in [0.5, 0.6) is 0 Å². The quantitative estimate of drug-likeness (QED) is 0.611. The van der Waals surface area contributed by atoms with Crippen LogP contribution in [-0.4, -0.2) is 35.1 Å². The summed E-state index contributed by atoms with van der Waals surface area (Å²) in [6.07, 6.45) is 3.05. The van der Waals surface area contributed by atoms with E-state index in [1.165, 1.54) is 21.8 Å². The third-order valence-electron chi connectivity index (χ3n) is 5.05. The van der Waals surface area contributed by atoms with E-state index >= 15 is 0 Å². The van der Waals surface area contributed by atoms with E-state index in [-0.39, 0.29) is 11.1 Å². The van der Waals surface area contributed by atoms with E-state index in [4.69, 9.17) is 0 Å². The Morgan fingerprint density at radius 2 is 1.82 bits per heavy atom. The number of hydrogen-bond acceptors (Lipinski definition) is 5. The van der Waals surface area contributed by atoms with Crippen LogP contribution in [0.4, 0.5) is 0 Å². The SMILES string of the molecule is C[C@@H]1CCc2sc(C(=O)NNC(=O)CN3C(=O)c4ccccc4C3=O)cc2C1. The standard InChI is InChI=1S/C20H19N3O4S/c1-11-6-7-15-12(8-11)9-16(28-15)18(25)22-21-17(24)10-23-19(26)13-4-2-3-5-14(13)20(23)27/h2-5,9,11H,6-8,10H2,1H3,(H,21,24)(H,22,25)/t11-/m1/s1. The molecule has 0 saturated carbocycles. The number of nitrogens with one attached hydrogen (secondary N) is 2. The summed E-state index contributed by atoms with van der Waals surface area (Å²) < 4.78 is 0. The normalized spacial score (nSPS) is 17.9. The molecule has 0 radical (unpaired) electrons. The highest BCUT2D eigenvalue weighted by atomic mass is 32.1. The summed E-state index contributed by atoms with van der Waals surface area (Å²) in [5, 5.41) is 0. The molecule has 1 aliphatic carbocycles. The van der Waals surface area contributed by atoms with E-state index in [1.807, 2.05) is 6.07 Å². The minimum Gasteiger partial charge on any atom is -0.271 e. The van der Waals surface area contributed by atoms with Gasteiger partial charge in [-0.25, -0.2) is 0 Å². The van der Waals surface area contributed by atoms with Gasteiger partial charge in [-0.3, -0.25) is 34.9 Å². The third kappa shape index (κ3) is 3.31. The van der Waals surface area contributed by atoms with Crippen molar-refractivity contribution < 1.29 is 19.2 Å². The fraction of sp³-hybridized carbons (Fsp3) is 0.300. The molecule has 144 valence electrons. The first-order valence-electron chi connectivity index (χ1n) is 9.10. The Labute approximate surface area is 165 Å². The zero-order chi connectivity index (χ0) is 19.8. The van der Waals surface area contributed by atoms with Crippen LogP contribution < -0.4 is 10.9 Å². The Bertz CT molecular complexity index is 962. The molecular weight excluding hydrogens is 378 g/mol. The Hall–Kier alpha value is -3.00. The molecule has 28 heavy (non-hydrogen) atoms. The zero-order valence-corrected chi connectivity index (χ0v) is 16.1. The van der Waals surface area contributed by atoms with Gasteiger partial charge in [-0.2, -0.15) is 0 Å². The number of nitrogens with zero attached hydrogens (tertiary/aromatic N) is 1. The molecule has 0 fully saturated rings. The van der Waals surface area contributed by atoms with E-state index in [9.17, 15) is 19.2 Å². The summed E-state index contributed by atoms with van der Waals surface area (Å²) in [6, 6.07) is 8.30. The highest BCUT2D eigenvalue weighted by Crippen LogP contribution is 2.32. The number of carbonyl (C=O) groups is 4. The maximum atomic E-state index is 12.3. The minimum atomic E-state index is -0.641. The molecule has 1 aromatic heterocycles. The molecule has 1 aromatic carbocycles. The largest absolute Gasteiger partial charge is 0.279 e. The molecule has 4 amide bonds. The Morgan fingerprint density at radius 3 is 2.50 bits per heavy atom. The number of aryl methyl sites for hydroxylation is 1. The van der Waals surface area contributed by atoms with Crippen molar-refractivity contribution >= 4 is 35.0 Å². The van der Waals surface area contributed by atoms with Crippen molar-refractivity contribution in [2.45, 2.75) is 26.2 Å². The lowest BCUT2D eigenvalue weighted by Crippen LogP contribution is -2.47. The monoisotopic (exact) mass is 397 g/mol. The number of fused-ring (bicyclic) bond motifs is 2.